The molecule has 2 rings (SSSR count). The predicted molar refractivity (Wildman–Crippen MR) is 62.5 cm³/mol. The number of anilines is 1. The van der Waals surface area contributed by atoms with Crippen LogP contribution < -0.4 is 10.5 Å². The van der Waals surface area contributed by atoms with Gasteiger partial charge in [-0.25, -0.2) is 18.7 Å². The van der Waals surface area contributed by atoms with E-state index in [1.165, 1.54) is 30.6 Å². The molecule has 0 unspecified atom stereocenters. The van der Waals surface area contributed by atoms with Crippen LogP contribution in [0.25, 0.3) is 0 Å². The van der Waals surface area contributed by atoms with Crippen molar-refractivity contribution in [3.8, 4) is 11.6 Å². The summed E-state index contributed by atoms with van der Waals surface area (Å²) in [6, 6.07) is 5.83. The first-order chi connectivity index (χ1) is 8.48. The van der Waals surface area contributed by atoms with Gasteiger partial charge >= 0.3 is 0 Å². The average Bonchev–Trinajstić information content (AvgIpc) is 2.31. The van der Waals surface area contributed by atoms with Crippen LogP contribution in [0.1, 0.15) is 12.5 Å². The lowest BCUT2D eigenvalue weighted by Gasteiger charge is -2.15. The van der Waals surface area contributed by atoms with E-state index in [1.54, 1.807) is 6.07 Å². The monoisotopic (exact) mass is 251 g/mol. The highest BCUT2D eigenvalue weighted by Gasteiger charge is 2.28. The van der Waals surface area contributed by atoms with E-state index >= 15 is 0 Å². The number of benzene rings is 1. The first-order valence-electron chi connectivity index (χ1n) is 5.20. The van der Waals surface area contributed by atoms with Crippen molar-refractivity contribution in [1.29, 1.82) is 0 Å². The van der Waals surface area contributed by atoms with Crippen molar-refractivity contribution in [2.24, 2.45) is 0 Å². The van der Waals surface area contributed by atoms with E-state index in [0.717, 1.165) is 6.92 Å². The van der Waals surface area contributed by atoms with Crippen LogP contribution in [0.3, 0.4) is 0 Å². The second kappa shape index (κ2) is 4.56. The molecule has 0 bridgehead atoms. The van der Waals surface area contributed by atoms with Gasteiger partial charge in [-0.05, 0) is 12.1 Å². The van der Waals surface area contributed by atoms with Gasteiger partial charge in [-0.1, -0.05) is 12.1 Å². The molecule has 0 saturated heterocycles. The summed E-state index contributed by atoms with van der Waals surface area (Å²) in [7, 11) is 0. The van der Waals surface area contributed by atoms with Crippen molar-refractivity contribution in [2.75, 3.05) is 5.73 Å². The average molecular weight is 251 g/mol. The minimum absolute atomic E-state index is 0.00852. The van der Waals surface area contributed by atoms with Crippen molar-refractivity contribution >= 4 is 5.82 Å². The molecule has 0 aliphatic rings. The Morgan fingerprint density at radius 1 is 1.17 bits per heavy atom. The first-order valence-corrected chi connectivity index (χ1v) is 5.20. The largest absolute Gasteiger partial charge is 0.435 e. The SMILES string of the molecule is CC(F)(F)c1ccccc1Oc1nccnc1N. The number of nitrogens with zero attached hydrogens (tertiary/aromatic N) is 2. The zero-order valence-electron chi connectivity index (χ0n) is 9.60. The van der Waals surface area contributed by atoms with Gasteiger partial charge in [-0.2, -0.15) is 0 Å². The summed E-state index contributed by atoms with van der Waals surface area (Å²) in [5.74, 6) is -2.94. The standard InChI is InChI=1S/C12H11F2N3O/c1-12(13,14)8-4-2-3-5-9(8)18-11-10(15)16-6-7-17-11/h2-7H,1H3,(H2,15,16). The molecule has 4 nitrogen and oxygen atoms in total. The van der Waals surface area contributed by atoms with Crippen molar-refractivity contribution in [1.82, 2.24) is 9.97 Å². The van der Waals surface area contributed by atoms with Crippen molar-refractivity contribution in [3.05, 3.63) is 42.2 Å². The zero-order valence-corrected chi connectivity index (χ0v) is 9.60. The zero-order chi connectivity index (χ0) is 13.2. The molecule has 0 aliphatic heterocycles. The third-order valence-electron chi connectivity index (χ3n) is 2.26. The molecule has 0 amide bonds. The fourth-order valence-corrected chi connectivity index (χ4v) is 1.44. The van der Waals surface area contributed by atoms with Crippen LogP contribution in [0.2, 0.25) is 0 Å². The molecule has 94 valence electrons. The van der Waals surface area contributed by atoms with Crippen LogP contribution in [-0.4, -0.2) is 9.97 Å². The minimum Gasteiger partial charge on any atom is -0.435 e. The molecule has 18 heavy (non-hydrogen) atoms. The van der Waals surface area contributed by atoms with Crippen LogP contribution >= 0.6 is 0 Å². The van der Waals surface area contributed by atoms with Gasteiger partial charge in [0.05, 0.1) is 5.56 Å². The summed E-state index contributed by atoms with van der Waals surface area (Å²) in [4.78, 5) is 7.61. The Kier molecular flexibility index (Phi) is 3.10. The highest BCUT2D eigenvalue weighted by atomic mass is 19.3. The number of para-hydroxylation sites is 1. The van der Waals surface area contributed by atoms with Gasteiger partial charge in [0.2, 0.25) is 0 Å². The molecule has 2 aromatic rings. The Bertz CT molecular complexity index is 555. The quantitative estimate of drug-likeness (QED) is 0.911. The van der Waals surface area contributed by atoms with Crippen LogP contribution in [0.5, 0.6) is 11.6 Å². The molecule has 0 atom stereocenters. The van der Waals surface area contributed by atoms with Gasteiger partial charge in [-0.15, -0.1) is 0 Å². The molecule has 1 heterocycles. The lowest BCUT2D eigenvalue weighted by atomic mass is 10.1. The smallest absolute Gasteiger partial charge is 0.274 e. The predicted octanol–water partition coefficient (Wildman–Crippen LogP) is 2.96. The summed E-state index contributed by atoms with van der Waals surface area (Å²) in [6.07, 6.45) is 2.76. The van der Waals surface area contributed by atoms with Gasteiger partial charge < -0.3 is 10.5 Å². The Morgan fingerprint density at radius 2 is 1.83 bits per heavy atom. The Hall–Kier alpha value is -2.24. The van der Waals surface area contributed by atoms with E-state index in [-0.39, 0.29) is 23.0 Å². The normalized spacial score (nSPS) is 11.3. The minimum atomic E-state index is -3.01. The van der Waals surface area contributed by atoms with Gasteiger partial charge in [0, 0.05) is 19.3 Å². The second-order valence-electron chi connectivity index (χ2n) is 3.73. The summed E-state index contributed by atoms with van der Waals surface area (Å²) >= 11 is 0. The third-order valence-corrected chi connectivity index (χ3v) is 2.26. The number of hydrogen-bond donors (Lipinski definition) is 1. The van der Waals surface area contributed by atoms with E-state index in [2.05, 4.69) is 9.97 Å². The maximum Gasteiger partial charge on any atom is 0.274 e. The lowest BCUT2D eigenvalue weighted by Crippen LogP contribution is -2.09. The Labute approximate surface area is 102 Å². The number of aromatic nitrogens is 2. The highest BCUT2D eigenvalue weighted by molar-refractivity contribution is 5.45. The molecule has 1 aromatic carbocycles. The molecule has 0 aliphatic carbocycles. The molecule has 0 radical (unpaired) electrons. The van der Waals surface area contributed by atoms with Gasteiger partial charge in [-0.3, -0.25) is 0 Å². The van der Waals surface area contributed by atoms with E-state index in [9.17, 15) is 8.78 Å². The maximum atomic E-state index is 13.4. The summed E-state index contributed by atoms with van der Waals surface area (Å²) in [6.45, 7) is 0.801. The second-order valence-corrected chi connectivity index (χ2v) is 3.73. The number of halogens is 2. The highest BCUT2D eigenvalue weighted by Crippen LogP contribution is 2.36. The number of nitrogen functional groups attached to an aromatic ring is 1. The van der Waals surface area contributed by atoms with Crippen LogP contribution in [0.4, 0.5) is 14.6 Å². The molecule has 0 saturated carbocycles. The number of hydrogen-bond acceptors (Lipinski definition) is 4. The van der Waals surface area contributed by atoms with Crippen LogP contribution in [-0.2, 0) is 5.92 Å². The van der Waals surface area contributed by atoms with E-state index in [0.29, 0.717) is 0 Å². The Balaban J connectivity index is 2.39. The lowest BCUT2D eigenvalue weighted by molar-refractivity contribution is 0.0155. The van der Waals surface area contributed by atoms with Crippen LogP contribution in [0.15, 0.2) is 36.7 Å². The van der Waals surface area contributed by atoms with Gasteiger partial charge in [0.15, 0.2) is 5.82 Å². The number of ether oxygens (including phenoxy) is 1. The van der Waals surface area contributed by atoms with Crippen molar-refractivity contribution in [2.45, 2.75) is 12.8 Å². The molecule has 6 heteroatoms. The van der Waals surface area contributed by atoms with Crippen molar-refractivity contribution in [3.63, 3.8) is 0 Å². The molecule has 1 aromatic heterocycles. The number of rotatable bonds is 3. The molecule has 0 spiro atoms. The number of alkyl halides is 2. The summed E-state index contributed by atoms with van der Waals surface area (Å²) in [5, 5.41) is 0. The maximum absolute atomic E-state index is 13.4. The molecular formula is C12H11F2N3O. The van der Waals surface area contributed by atoms with E-state index in [1.807, 2.05) is 0 Å². The number of nitrogens with two attached hydrogens (primary N) is 1. The van der Waals surface area contributed by atoms with Gasteiger partial charge in [0.1, 0.15) is 5.75 Å². The topological polar surface area (TPSA) is 61.0 Å². The van der Waals surface area contributed by atoms with Crippen molar-refractivity contribution < 1.29 is 13.5 Å². The Morgan fingerprint density at radius 3 is 2.50 bits per heavy atom. The summed E-state index contributed by atoms with van der Waals surface area (Å²) in [5.41, 5.74) is 5.31. The van der Waals surface area contributed by atoms with E-state index < -0.39 is 5.92 Å². The third kappa shape index (κ3) is 2.53. The summed E-state index contributed by atoms with van der Waals surface area (Å²) < 4.78 is 32.0. The van der Waals surface area contributed by atoms with E-state index in [4.69, 9.17) is 10.5 Å². The van der Waals surface area contributed by atoms with Gasteiger partial charge in [0.25, 0.3) is 11.8 Å². The van der Waals surface area contributed by atoms with Crippen LogP contribution in [0, 0.1) is 0 Å². The fraction of sp³-hybridized carbons (Fsp3) is 0.167. The fourth-order valence-electron chi connectivity index (χ4n) is 1.44. The molecule has 0 fully saturated rings. The molecule has 2 N–H and O–H groups in total. The first kappa shape index (κ1) is 12.2. The molecular weight excluding hydrogens is 240 g/mol.